The van der Waals surface area contributed by atoms with Gasteiger partial charge in [0.2, 0.25) is 0 Å². The summed E-state index contributed by atoms with van der Waals surface area (Å²) in [6, 6.07) is 12.5. The number of nitrogens with one attached hydrogen (secondary N) is 1. The number of esters is 1. The molecule has 0 radical (unpaired) electrons. The van der Waals surface area contributed by atoms with Gasteiger partial charge in [0.15, 0.2) is 11.5 Å². The molecule has 6 nitrogen and oxygen atoms in total. The van der Waals surface area contributed by atoms with E-state index in [2.05, 4.69) is 10.1 Å². The summed E-state index contributed by atoms with van der Waals surface area (Å²) in [5, 5.41) is 2.87. The molecule has 1 heterocycles. The van der Waals surface area contributed by atoms with Crippen LogP contribution in [0.15, 0.2) is 48.0 Å². The van der Waals surface area contributed by atoms with Crippen LogP contribution in [0.2, 0.25) is 0 Å². The maximum Gasteiger partial charge on any atom is 0.337 e. The molecule has 140 valence electrons. The lowest BCUT2D eigenvalue weighted by molar-refractivity contribution is -0.117. The fraction of sp³-hybridized carbons (Fsp3) is 0.238. The average Bonchev–Trinajstić information content (AvgIpc) is 2.72. The van der Waals surface area contributed by atoms with Crippen molar-refractivity contribution < 1.29 is 23.8 Å². The summed E-state index contributed by atoms with van der Waals surface area (Å²) in [5.74, 6) is 0.755. The van der Waals surface area contributed by atoms with Crippen molar-refractivity contribution in [2.24, 2.45) is 0 Å². The Morgan fingerprint density at radius 2 is 1.93 bits per heavy atom. The van der Waals surface area contributed by atoms with E-state index < -0.39 is 0 Å². The normalized spacial score (nSPS) is 12.3. The van der Waals surface area contributed by atoms with Crippen LogP contribution in [0.5, 0.6) is 11.5 Å². The van der Waals surface area contributed by atoms with Crippen molar-refractivity contribution >= 4 is 18.0 Å². The summed E-state index contributed by atoms with van der Waals surface area (Å²) < 4.78 is 16.0. The Morgan fingerprint density at radius 1 is 1.15 bits per heavy atom. The number of carbonyl (C=O) groups excluding carboxylic acids is 2. The lowest BCUT2D eigenvalue weighted by atomic mass is 10.1. The molecule has 0 aliphatic carbocycles. The van der Waals surface area contributed by atoms with Gasteiger partial charge in [-0.1, -0.05) is 24.3 Å². The van der Waals surface area contributed by atoms with Gasteiger partial charge in [0.05, 0.1) is 24.9 Å². The number of hydrogen-bond donors (Lipinski definition) is 1. The van der Waals surface area contributed by atoms with Gasteiger partial charge in [-0.05, 0) is 36.8 Å². The third kappa shape index (κ3) is 4.28. The predicted octanol–water partition coefficient (Wildman–Crippen LogP) is 2.96. The summed E-state index contributed by atoms with van der Waals surface area (Å²) in [5.41, 5.74) is 2.71. The molecule has 0 bridgehead atoms. The number of hydrogen-bond acceptors (Lipinski definition) is 5. The van der Waals surface area contributed by atoms with Crippen LogP contribution in [0.3, 0.4) is 0 Å². The number of amides is 1. The number of benzene rings is 2. The van der Waals surface area contributed by atoms with E-state index in [1.54, 1.807) is 24.3 Å². The topological polar surface area (TPSA) is 73.9 Å². The van der Waals surface area contributed by atoms with Crippen LogP contribution >= 0.6 is 0 Å². The van der Waals surface area contributed by atoms with Crippen molar-refractivity contribution in [2.45, 2.75) is 13.5 Å². The van der Waals surface area contributed by atoms with E-state index >= 15 is 0 Å². The van der Waals surface area contributed by atoms with Gasteiger partial charge in [0, 0.05) is 12.1 Å². The smallest absolute Gasteiger partial charge is 0.337 e. The van der Waals surface area contributed by atoms with Gasteiger partial charge < -0.3 is 19.5 Å². The highest BCUT2D eigenvalue weighted by molar-refractivity contribution is 5.99. The lowest BCUT2D eigenvalue weighted by Gasteiger charge is -2.20. The average molecular weight is 367 g/mol. The second-order valence-electron chi connectivity index (χ2n) is 5.94. The second kappa shape index (κ2) is 8.40. The molecule has 2 aromatic carbocycles. The van der Waals surface area contributed by atoms with Crippen LogP contribution < -0.4 is 14.8 Å². The minimum absolute atomic E-state index is 0.185. The number of rotatable bonds is 6. The van der Waals surface area contributed by atoms with Gasteiger partial charge in [-0.25, -0.2) is 4.79 Å². The molecule has 0 aromatic heterocycles. The maximum absolute atomic E-state index is 12.4. The van der Waals surface area contributed by atoms with E-state index in [1.807, 2.05) is 31.2 Å². The van der Waals surface area contributed by atoms with Gasteiger partial charge in [-0.2, -0.15) is 0 Å². The SMILES string of the molecule is CCOc1cccc2c1OCC(C(=O)NCc1ccc(C(=O)OC)cc1)=C2. The van der Waals surface area contributed by atoms with Gasteiger partial charge >= 0.3 is 5.97 Å². The van der Waals surface area contributed by atoms with Crippen molar-refractivity contribution in [1.29, 1.82) is 0 Å². The first-order chi connectivity index (χ1) is 13.1. The lowest BCUT2D eigenvalue weighted by Crippen LogP contribution is -2.28. The molecule has 2 aromatic rings. The minimum atomic E-state index is -0.389. The van der Waals surface area contributed by atoms with Gasteiger partial charge in [-0.15, -0.1) is 0 Å². The highest BCUT2D eigenvalue weighted by Crippen LogP contribution is 2.35. The van der Waals surface area contributed by atoms with E-state index in [0.29, 0.717) is 35.8 Å². The molecule has 1 aliphatic rings. The number of carbonyl (C=O) groups is 2. The highest BCUT2D eigenvalue weighted by atomic mass is 16.5. The van der Waals surface area contributed by atoms with Crippen molar-refractivity contribution in [3.05, 3.63) is 64.7 Å². The zero-order chi connectivity index (χ0) is 19.2. The Hall–Kier alpha value is -3.28. The van der Waals surface area contributed by atoms with Gasteiger partial charge in [0.1, 0.15) is 6.61 Å². The van der Waals surface area contributed by atoms with Crippen LogP contribution in [0.1, 0.15) is 28.4 Å². The maximum atomic E-state index is 12.4. The summed E-state index contributed by atoms with van der Waals surface area (Å²) in [6.45, 7) is 2.99. The van der Waals surface area contributed by atoms with E-state index in [-0.39, 0.29) is 18.5 Å². The molecule has 1 amide bonds. The fourth-order valence-corrected chi connectivity index (χ4v) is 2.75. The number of para-hydroxylation sites is 1. The molecule has 0 spiro atoms. The second-order valence-corrected chi connectivity index (χ2v) is 5.94. The number of methoxy groups -OCH3 is 1. The Labute approximate surface area is 157 Å². The molecule has 0 saturated heterocycles. The van der Waals surface area contributed by atoms with Crippen LogP contribution in [0, 0.1) is 0 Å². The standard InChI is InChI=1S/C21H21NO5/c1-3-26-18-6-4-5-16-11-17(13-27-19(16)18)20(23)22-12-14-7-9-15(10-8-14)21(24)25-2/h4-11H,3,12-13H2,1-2H3,(H,22,23). The summed E-state index contributed by atoms with van der Waals surface area (Å²) in [7, 11) is 1.34. The van der Waals surface area contributed by atoms with Crippen LogP contribution in [0.4, 0.5) is 0 Å². The van der Waals surface area contributed by atoms with Crippen LogP contribution in [0.25, 0.3) is 6.08 Å². The van der Waals surface area contributed by atoms with Crippen molar-refractivity contribution in [3.8, 4) is 11.5 Å². The molecule has 0 saturated carbocycles. The minimum Gasteiger partial charge on any atom is -0.490 e. The molecule has 0 unspecified atom stereocenters. The Balaban J connectivity index is 1.65. The zero-order valence-corrected chi connectivity index (χ0v) is 15.3. The van der Waals surface area contributed by atoms with Gasteiger partial charge in [0.25, 0.3) is 5.91 Å². The molecule has 1 N–H and O–H groups in total. The first kappa shape index (κ1) is 18.5. The van der Waals surface area contributed by atoms with Gasteiger partial charge in [-0.3, -0.25) is 4.79 Å². The monoisotopic (exact) mass is 367 g/mol. The van der Waals surface area contributed by atoms with Crippen LogP contribution in [-0.4, -0.2) is 32.2 Å². The molecular formula is C21H21NO5. The first-order valence-corrected chi connectivity index (χ1v) is 8.67. The highest BCUT2D eigenvalue weighted by Gasteiger charge is 2.20. The molecule has 3 rings (SSSR count). The van der Waals surface area contributed by atoms with E-state index in [9.17, 15) is 9.59 Å². The molecular weight excluding hydrogens is 346 g/mol. The molecule has 27 heavy (non-hydrogen) atoms. The van der Waals surface area contributed by atoms with E-state index in [4.69, 9.17) is 9.47 Å². The van der Waals surface area contributed by atoms with Crippen molar-refractivity contribution in [3.63, 3.8) is 0 Å². The number of ether oxygens (including phenoxy) is 3. The van der Waals surface area contributed by atoms with E-state index in [1.165, 1.54) is 7.11 Å². The fourth-order valence-electron chi connectivity index (χ4n) is 2.75. The summed E-state index contributed by atoms with van der Waals surface area (Å²) >= 11 is 0. The Kier molecular flexibility index (Phi) is 5.76. The third-order valence-electron chi connectivity index (χ3n) is 4.13. The summed E-state index contributed by atoms with van der Waals surface area (Å²) in [6.07, 6.45) is 1.82. The summed E-state index contributed by atoms with van der Waals surface area (Å²) in [4.78, 5) is 23.9. The molecule has 6 heteroatoms. The number of fused-ring (bicyclic) bond motifs is 1. The molecule has 0 atom stereocenters. The molecule has 0 fully saturated rings. The van der Waals surface area contributed by atoms with Crippen molar-refractivity contribution in [2.75, 3.05) is 20.3 Å². The first-order valence-electron chi connectivity index (χ1n) is 8.67. The molecule has 1 aliphatic heterocycles. The zero-order valence-electron chi connectivity index (χ0n) is 15.3. The quantitative estimate of drug-likeness (QED) is 0.795. The predicted molar refractivity (Wildman–Crippen MR) is 101 cm³/mol. The Morgan fingerprint density at radius 3 is 2.63 bits per heavy atom. The van der Waals surface area contributed by atoms with Crippen LogP contribution in [-0.2, 0) is 16.1 Å². The Bertz CT molecular complexity index is 871. The van der Waals surface area contributed by atoms with Crippen molar-refractivity contribution in [1.82, 2.24) is 5.32 Å². The largest absolute Gasteiger partial charge is 0.490 e. The third-order valence-corrected chi connectivity index (χ3v) is 4.13. The van der Waals surface area contributed by atoms with E-state index in [0.717, 1.165) is 11.1 Å².